The average Bonchev–Trinajstić information content (AvgIpc) is 2.49. The summed E-state index contributed by atoms with van der Waals surface area (Å²) in [6.45, 7) is 3.28. The van der Waals surface area contributed by atoms with Gasteiger partial charge in [-0.05, 0) is 24.3 Å². The summed E-state index contributed by atoms with van der Waals surface area (Å²) >= 11 is 4.95. The van der Waals surface area contributed by atoms with Crippen LogP contribution in [0.25, 0.3) is 0 Å². The van der Waals surface area contributed by atoms with Gasteiger partial charge in [0, 0.05) is 17.7 Å². The molecule has 0 saturated heterocycles. The summed E-state index contributed by atoms with van der Waals surface area (Å²) in [5.74, 6) is 0.566. The third-order valence-corrected chi connectivity index (χ3v) is 2.15. The van der Waals surface area contributed by atoms with Gasteiger partial charge in [0.25, 0.3) is 0 Å². The molecule has 5 heteroatoms. The van der Waals surface area contributed by atoms with Crippen molar-refractivity contribution in [1.82, 2.24) is 0 Å². The molecule has 0 fully saturated rings. The fourth-order valence-electron chi connectivity index (χ4n) is 1.23. The van der Waals surface area contributed by atoms with Crippen LogP contribution in [-0.4, -0.2) is 11.4 Å². The summed E-state index contributed by atoms with van der Waals surface area (Å²) in [4.78, 5) is 20.8. The maximum atomic E-state index is 10.6. The Labute approximate surface area is 127 Å². The lowest BCUT2D eigenvalue weighted by molar-refractivity contribution is -0.128. The SMILES string of the molecule is C=CC(=O)Oc1ccccc1.O=C(Cl)Oc1ccccc1. The Balaban J connectivity index is 0.000000211. The standard InChI is InChI=1S/C9H8O2.C7H5ClO2/c1-2-9(10)11-8-6-4-3-5-7-8;8-7(9)10-6-4-2-1-3-5-6/h2-7H,1H2;1-5H. The second-order valence-corrected chi connectivity index (χ2v) is 3.90. The van der Waals surface area contributed by atoms with E-state index in [9.17, 15) is 9.59 Å². The number of carbonyl (C=O) groups excluding carboxylic acids is 2. The Morgan fingerprint density at radius 1 is 0.857 bits per heavy atom. The van der Waals surface area contributed by atoms with Gasteiger partial charge in [-0.1, -0.05) is 43.0 Å². The molecule has 2 aromatic carbocycles. The van der Waals surface area contributed by atoms with Crippen LogP contribution in [0.3, 0.4) is 0 Å². The van der Waals surface area contributed by atoms with E-state index in [0.29, 0.717) is 11.5 Å². The molecule has 0 aromatic heterocycles. The fraction of sp³-hybridized carbons (Fsp3) is 0. The van der Waals surface area contributed by atoms with Gasteiger partial charge in [0.2, 0.25) is 0 Å². The predicted molar refractivity (Wildman–Crippen MR) is 80.6 cm³/mol. The third kappa shape index (κ3) is 7.54. The molecule has 2 rings (SSSR count). The largest absolute Gasteiger partial charge is 0.423 e. The first kappa shape index (κ1) is 16.5. The summed E-state index contributed by atoms with van der Waals surface area (Å²) in [5.41, 5.74) is -0.814. The first-order valence-corrected chi connectivity index (χ1v) is 6.31. The summed E-state index contributed by atoms with van der Waals surface area (Å²) in [6, 6.07) is 17.5. The van der Waals surface area contributed by atoms with Crippen molar-refractivity contribution in [2.24, 2.45) is 0 Å². The molecule has 0 atom stereocenters. The molecule has 0 aliphatic carbocycles. The minimum absolute atomic E-state index is 0.434. The second-order valence-electron chi connectivity index (χ2n) is 3.59. The minimum atomic E-state index is -0.814. The van der Waals surface area contributed by atoms with Crippen molar-refractivity contribution in [2.75, 3.05) is 0 Å². The Bertz CT molecular complexity index is 582. The number of halogens is 1. The summed E-state index contributed by atoms with van der Waals surface area (Å²) in [5, 5.41) is 0. The number of benzene rings is 2. The van der Waals surface area contributed by atoms with E-state index in [2.05, 4.69) is 11.3 Å². The lowest BCUT2D eigenvalue weighted by atomic mass is 10.3. The van der Waals surface area contributed by atoms with E-state index in [0.717, 1.165) is 6.08 Å². The van der Waals surface area contributed by atoms with Crippen LogP contribution in [0.5, 0.6) is 11.5 Å². The number of rotatable bonds is 3. The van der Waals surface area contributed by atoms with Gasteiger partial charge in [0.05, 0.1) is 0 Å². The molecule has 0 radical (unpaired) electrons. The van der Waals surface area contributed by atoms with Crippen molar-refractivity contribution in [3.8, 4) is 11.5 Å². The molecule has 0 spiro atoms. The molecular formula is C16H13ClO4. The van der Waals surface area contributed by atoms with Crippen LogP contribution < -0.4 is 9.47 Å². The minimum Gasteiger partial charge on any atom is -0.423 e. The smallest absolute Gasteiger partial charge is 0.409 e. The van der Waals surface area contributed by atoms with Crippen LogP contribution in [0.15, 0.2) is 73.3 Å². The van der Waals surface area contributed by atoms with E-state index in [1.165, 1.54) is 0 Å². The van der Waals surface area contributed by atoms with Crippen LogP contribution in [0, 0.1) is 0 Å². The zero-order valence-corrected chi connectivity index (χ0v) is 11.8. The average molecular weight is 305 g/mol. The Kier molecular flexibility index (Phi) is 7.32. The highest BCUT2D eigenvalue weighted by molar-refractivity contribution is 6.61. The fourth-order valence-corrected chi connectivity index (χ4v) is 1.32. The van der Waals surface area contributed by atoms with Gasteiger partial charge >= 0.3 is 11.4 Å². The number of esters is 1. The molecule has 0 aliphatic heterocycles. The highest BCUT2D eigenvalue weighted by Crippen LogP contribution is 2.09. The predicted octanol–water partition coefficient (Wildman–Crippen LogP) is 4.20. The van der Waals surface area contributed by atoms with Crippen molar-refractivity contribution in [2.45, 2.75) is 0 Å². The molecule has 0 unspecified atom stereocenters. The van der Waals surface area contributed by atoms with Gasteiger partial charge in [-0.15, -0.1) is 0 Å². The Morgan fingerprint density at radius 3 is 1.67 bits per heavy atom. The van der Waals surface area contributed by atoms with E-state index in [1.807, 2.05) is 12.1 Å². The number of carbonyl (C=O) groups is 2. The van der Waals surface area contributed by atoms with Crippen LogP contribution in [-0.2, 0) is 4.79 Å². The van der Waals surface area contributed by atoms with Crippen LogP contribution >= 0.6 is 11.6 Å². The number of hydrogen-bond donors (Lipinski definition) is 0. The van der Waals surface area contributed by atoms with Gasteiger partial charge in [0.1, 0.15) is 11.5 Å². The van der Waals surface area contributed by atoms with Gasteiger partial charge in [-0.3, -0.25) is 0 Å². The van der Waals surface area contributed by atoms with Crippen molar-refractivity contribution < 1.29 is 19.1 Å². The van der Waals surface area contributed by atoms with E-state index in [-0.39, 0.29) is 0 Å². The first-order valence-electron chi connectivity index (χ1n) is 5.93. The molecule has 0 saturated carbocycles. The van der Waals surface area contributed by atoms with Crippen molar-refractivity contribution in [1.29, 1.82) is 0 Å². The highest BCUT2D eigenvalue weighted by atomic mass is 35.5. The number of para-hydroxylation sites is 2. The molecular weight excluding hydrogens is 292 g/mol. The molecule has 0 amide bonds. The monoisotopic (exact) mass is 304 g/mol. The lowest BCUT2D eigenvalue weighted by Gasteiger charge is -1.98. The van der Waals surface area contributed by atoms with Crippen molar-refractivity contribution >= 4 is 23.0 Å². The molecule has 4 nitrogen and oxygen atoms in total. The van der Waals surface area contributed by atoms with E-state index in [1.54, 1.807) is 48.5 Å². The quantitative estimate of drug-likeness (QED) is 0.369. The van der Waals surface area contributed by atoms with Gasteiger partial charge in [-0.25, -0.2) is 9.59 Å². The normalized spacial score (nSPS) is 8.81. The van der Waals surface area contributed by atoms with E-state index < -0.39 is 11.4 Å². The van der Waals surface area contributed by atoms with E-state index >= 15 is 0 Å². The van der Waals surface area contributed by atoms with E-state index in [4.69, 9.17) is 16.3 Å². The van der Waals surface area contributed by atoms with Crippen LogP contribution in [0.2, 0.25) is 0 Å². The second kappa shape index (κ2) is 9.34. The zero-order valence-electron chi connectivity index (χ0n) is 11.1. The summed E-state index contributed by atoms with van der Waals surface area (Å²) in [7, 11) is 0. The number of hydrogen-bond acceptors (Lipinski definition) is 4. The van der Waals surface area contributed by atoms with Gasteiger partial charge in [-0.2, -0.15) is 0 Å². The number of ether oxygens (including phenoxy) is 2. The Morgan fingerprint density at radius 2 is 1.29 bits per heavy atom. The molecule has 0 N–H and O–H groups in total. The Hall–Kier alpha value is -2.59. The zero-order chi connectivity index (χ0) is 15.5. The maximum absolute atomic E-state index is 10.6. The topological polar surface area (TPSA) is 52.6 Å². The van der Waals surface area contributed by atoms with Crippen molar-refractivity contribution in [3.05, 3.63) is 73.3 Å². The molecule has 2 aromatic rings. The lowest BCUT2D eigenvalue weighted by Crippen LogP contribution is -2.02. The van der Waals surface area contributed by atoms with Gasteiger partial charge in [0.15, 0.2) is 0 Å². The molecule has 0 bridgehead atoms. The van der Waals surface area contributed by atoms with Crippen molar-refractivity contribution in [3.63, 3.8) is 0 Å². The van der Waals surface area contributed by atoms with Crippen LogP contribution in [0.1, 0.15) is 0 Å². The summed E-state index contributed by atoms with van der Waals surface area (Å²) in [6.07, 6.45) is 1.13. The highest BCUT2D eigenvalue weighted by Gasteiger charge is 1.96. The van der Waals surface area contributed by atoms with Gasteiger partial charge < -0.3 is 9.47 Å². The first-order chi connectivity index (χ1) is 10.1. The molecule has 21 heavy (non-hydrogen) atoms. The molecule has 0 heterocycles. The molecule has 108 valence electrons. The van der Waals surface area contributed by atoms with Crippen LogP contribution in [0.4, 0.5) is 4.79 Å². The maximum Gasteiger partial charge on any atom is 0.409 e. The molecule has 0 aliphatic rings. The third-order valence-electron chi connectivity index (χ3n) is 2.07. The summed E-state index contributed by atoms with van der Waals surface area (Å²) < 4.78 is 9.35.